The molecule has 1 aromatic carbocycles. The molecule has 0 spiro atoms. The molecule has 11 heteroatoms. The van der Waals surface area contributed by atoms with Crippen LogP contribution in [0.5, 0.6) is 0 Å². The number of nitrogens with zero attached hydrogens (tertiary/aromatic N) is 1. The average Bonchev–Trinajstić information content (AvgIpc) is 3.41. The number of carbonyl (C=O) groups excluding carboxylic acids is 1. The first-order valence-electron chi connectivity index (χ1n) is 12.0. The maximum atomic E-state index is 13.9. The summed E-state index contributed by atoms with van der Waals surface area (Å²) in [6.07, 6.45) is 2.64. The zero-order valence-corrected chi connectivity index (χ0v) is 21.2. The number of fused-ring (bicyclic) bond motifs is 1. The zero-order chi connectivity index (χ0) is 26.5. The molecule has 5 rings (SSSR count). The van der Waals surface area contributed by atoms with Crippen molar-refractivity contribution >= 4 is 38.4 Å². The Balaban J connectivity index is 1.42. The van der Waals surface area contributed by atoms with Crippen molar-refractivity contribution in [2.45, 2.75) is 38.0 Å². The van der Waals surface area contributed by atoms with Crippen molar-refractivity contribution in [3.05, 3.63) is 65.3 Å². The summed E-state index contributed by atoms with van der Waals surface area (Å²) < 4.78 is 44.0. The van der Waals surface area contributed by atoms with Crippen molar-refractivity contribution in [1.29, 1.82) is 0 Å². The molecule has 3 aliphatic rings. The van der Waals surface area contributed by atoms with Crippen LogP contribution in [0.1, 0.15) is 31.4 Å². The predicted octanol–water partition coefficient (Wildman–Crippen LogP) is 2.34. The number of aliphatic hydroxyl groups is 2. The molecule has 196 valence electrons. The van der Waals surface area contributed by atoms with E-state index in [4.69, 9.17) is 4.74 Å². The number of amides is 1. The number of benzene rings is 1. The second-order valence-corrected chi connectivity index (χ2v) is 12.2. The van der Waals surface area contributed by atoms with E-state index in [0.29, 0.717) is 22.8 Å². The molecule has 0 saturated carbocycles. The van der Waals surface area contributed by atoms with Crippen LogP contribution in [-0.4, -0.2) is 65.4 Å². The first-order valence-corrected chi connectivity index (χ1v) is 13.8. The molecule has 3 aliphatic heterocycles. The van der Waals surface area contributed by atoms with Gasteiger partial charge in [0.1, 0.15) is 23.0 Å². The molecule has 4 heterocycles. The van der Waals surface area contributed by atoms with Crippen molar-refractivity contribution in [3.8, 4) is 0 Å². The number of hydrogen-bond acceptors (Lipinski definition) is 8. The third kappa shape index (κ3) is 4.86. The SMILES string of the molecule is CC1(C)O/C(=C2/C(=O)Nc3ccc(F)cc32)C=C1c1ccc(NC(CCO)C2CS(=O)(=O)CC2O)nc1. The monoisotopic (exact) mass is 529 g/mol. The standard InChI is InChI=1S/C26H28FN3O6S/c1-26(2)18(10-22(36-26)24-16-9-15(27)4-5-19(16)30-25(24)33)14-3-6-23(28-11-14)29-20(7-8-31)17-12-37(34,35)13-21(17)32/h3-6,9-11,17,20-21,31-32H,7-8,12-13H2,1-2H3,(H,28,29)(H,30,33)/b24-22+. The summed E-state index contributed by atoms with van der Waals surface area (Å²) in [6.45, 7) is 3.55. The number of sulfone groups is 1. The van der Waals surface area contributed by atoms with E-state index in [-0.39, 0.29) is 36.0 Å². The molecule has 2 aromatic rings. The highest BCUT2D eigenvalue weighted by Gasteiger charge is 2.41. The number of hydrogen-bond donors (Lipinski definition) is 4. The van der Waals surface area contributed by atoms with Crippen molar-refractivity contribution in [3.63, 3.8) is 0 Å². The van der Waals surface area contributed by atoms with Crippen LogP contribution < -0.4 is 10.6 Å². The number of anilines is 2. The van der Waals surface area contributed by atoms with E-state index in [1.54, 1.807) is 18.3 Å². The Morgan fingerprint density at radius 2 is 2.05 bits per heavy atom. The van der Waals surface area contributed by atoms with Crippen LogP contribution in [0.25, 0.3) is 11.1 Å². The normalized spacial score (nSPS) is 26.3. The van der Waals surface area contributed by atoms with E-state index in [0.717, 1.165) is 11.1 Å². The van der Waals surface area contributed by atoms with Gasteiger partial charge in [-0.25, -0.2) is 17.8 Å². The molecule has 1 amide bonds. The van der Waals surface area contributed by atoms with Gasteiger partial charge in [0.05, 0.1) is 23.2 Å². The van der Waals surface area contributed by atoms with Gasteiger partial charge in [0, 0.05) is 47.2 Å². The number of aromatic nitrogens is 1. The number of aliphatic hydroxyl groups excluding tert-OH is 2. The van der Waals surface area contributed by atoms with Gasteiger partial charge in [-0.3, -0.25) is 4.79 Å². The molecule has 1 fully saturated rings. The number of allylic oxidation sites excluding steroid dienone is 1. The van der Waals surface area contributed by atoms with E-state index in [2.05, 4.69) is 15.6 Å². The van der Waals surface area contributed by atoms with E-state index < -0.39 is 39.3 Å². The highest BCUT2D eigenvalue weighted by atomic mass is 32.2. The molecule has 4 N–H and O–H groups in total. The molecule has 1 saturated heterocycles. The fraction of sp³-hybridized carbons (Fsp3) is 0.385. The van der Waals surface area contributed by atoms with E-state index in [1.165, 1.54) is 18.2 Å². The van der Waals surface area contributed by atoms with Crippen LogP contribution in [-0.2, 0) is 19.4 Å². The van der Waals surface area contributed by atoms with Crippen LogP contribution in [0.3, 0.4) is 0 Å². The highest BCUT2D eigenvalue weighted by Crippen LogP contribution is 2.44. The fourth-order valence-electron chi connectivity index (χ4n) is 5.20. The molecule has 9 nitrogen and oxygen atoms in total. The third-order valence-electron chi connectivity index (χ3n) is 6.99. The summed E-state index contributed by atoms with van der Waals surface area (Å²) in [4.78, 5) is 17.1. The van der Waals surface area contributed by atoms with Crippen molar-refractivity contribution in [2.75, 3.05) is 28.7 Å². The number of carbonyl (C=O) groups is 1. The highest BCUT2D eigenvalue weighted by molar-refractivity contribution is 7.91. The summed E-state index contributed by atoms with van der Waals surface area (Å²) in [5.74, 6) is -1.01. The van der Waals surface area contributed by atoms with Crippen LogP contribution in [0, 0.1) is 11.7 Å². The second kappa shape index (κ2) is 9.23. The zero-order valence-electron chi connectivity index (χ0n) is 20.4. The Labute approximate surface area is 214 Å². The molecule has 0 bridgehead atoms. The minimum Gasteiger partial charge on any atom is -0.482 e. The summed E-state index contributed by atoms with van der Waals surface area (Å²) in [7, 11) is -3.34. The maximum absolute atomic E-state index is 13.9. The molecular weight excluding hydrogens is 501 g/mol. The summed E-state index contributed by atoms with van der Waals surface area (Å²) >= 11 is 0. The van der Waals surface area contributed by atoms with Crippen molar-refractivity contribution < 1.29 is 32.6 Å². The lowest BCUT2D eigenvalue weighted by Crippen LogP contribution is -2.37. The smallest absolute Gasteiger partial charge is 0.260 e. The summed E-state index contributed by atoms with van der Waals surface area (Å²) in [5.41, 5.74) is 1.95. The lowest BCUT2D eigenvalue weighted by Gasteiger charge is -2.26. The fourth-order valence-corrected chi connectivity index (χ4v) is 7.15. The Morgan fingerprint density at radius 1 is 1.27 bits per heavy atom. The van der Waals surface area contributed by atoms with Crippen LogP contribution >= 0.6 is 0 Å². The number of halogens is 1. The first kappa shape index (κ1) is 25.4. The van der Waals surface area contributed by atoms with Gasteiger partial charge in [-0.1, -0.05) is 0 Å². The minimum atomic E-state index is -3.34. The topological polar surface area (TPSA) is 138 Å². The Morgan fingerprint density at radius 3 is 2.70 bits per heavy atom. The van der Waals surface area contributed by atoms with E-state index in [1.807, 2.05) is 19.9 Å². The van der Waals surface area contributed by atoms with Gasteiger partial charge in [0.2, 0.25) is 0 Å². The Hall–Kier alpha value is -3.28. The molecule has 0 aliphatic carbocycles. The van der Waals surface area contributed by atoms with Gasteiger partial charge in [0.25, 0.3) is 5.91 Å². The summed E-state index contributed by atoms with van der Waals surface area (Å²) in [5, 5.41) is 25.6. The van der Waals surface area contributed by atoms with Gasteiger partial charge < -0.3 is 25.6 Å². The lowest BCUT2D eigenvalue weighted by atomic mass is 9.93. The van der Waals surface area contributed by atoms with Crippen LogP contribution in [0.15, 0.2) is 48.4 Å². The molecule has 1 aromatic heterocycles. The Kier molecular flexibility index (Phi) is 6.33. The van der Waals surface area contributed by atoms with E-state index in [9.17, 15) is 27.8 Å². The number of rotatable bonds is 6. The van der Waals surface area contributed by atoms with E-state index >= 15 is 0 Å². The largest absolute Gasteiger partial charge is 0.482 e. The van der Waals surface area contributed by atoms with Gasteiger partial charge in [0.15, 0.2) is 9.84 Å². The first-order chi connectivity index (χ1) is 17.5. The number of nitrogens with one attached hydrogen (secondary N) is 2. The molecule has 37 heavy (non-hydrogen) atoms. The third-order valence-corrected chi connectivity index (χ3v) is 8.73. The predicted molar refractivity (Wildman–Crippen MR) is 137 cm³/mol. The van der Waals surface area contributed by atoms with Gasteiger partial charge in [-0.2, -0.15) is 0 Å². The molecular formula is C26H28FN3O6S. The van der Waals surface area contributed by atoms with Crippen LogP contribution in [0.4, 0.5) is 15.9 Å². The minimum absolute atomic E-state index is 0.152. The average molecular weight is 530 g/mol. The molecule has 3 atom stereocenters. The number of ether oxygens (including phenoxy) is 1. The number of pyridine rings is 1. The second-order valence-electron chi connectivity index (χ2n) is 10.1. The summed E-state index contributed by atoms with van der Waals surface area (Å²) in [6, 6.07) is 7.17. The molecule has 0 radical (unpaired) electrons. The Bertz CT molecular complexity index is 1420. The maximum Gasteiger partial charge on any atom is 0.260 e. The quantitative estimate of drug-likeness (QED) is 0.419. The van der Waals surface area contributed by atoms with Gasteiger partial charge in [-0.15, -0.1) is 0 Å². The lowest BCUT2D eigenvalue weighted by molar-refractivity contribution is -0.111. The van der Waals surface area contributed by atoms with Crippen molar-refractivity contribution in [1.82, 2.24) is 4.98 Å². The van der Waals surface area contributed by atoms with Crippen LogP contribution in [0.2, 0.25) is 0 Å². The molecule has 3 unspecified atom stereocenters. The van der Waals surface area contributed by atoms with Crippen molar-refractivity contribution in [2.24, 2.45) is 5.92 Å². The van der Waals surface area contributed by atoms with Gasteiger partial charge >= 0.3 is 0 Å². The van der Waals surface area contributed by atoms with Gasteiger partial charge in [-0.05, 0) is 56.7 Å².